The Kier molecular flexibility index (Phi) is 2.87. The molecule has 2 N–H and O–H groups in total. The van der Waals surface area contributed by atoms with Crippen molar-refractivity contribution in [3.8, 4) is 0 Å². The summed E-state index contributed by atoms with van der Waals surface area (Å²) < 4.78 is 0. The molecule has 1 fully saturated rings. The first-order chi connectivity index (χ1) is 6.83. The molecule has 1 nitrogen and oxygen atoms in total. The molecule has 0 aliphatic heterocycles. The second kappa shape index (κ2) is 4.14. The number of aryl methyl sites for hydroxylation is 1. The van der Waals surface area contributed by atoms with Crippen LogP contribution in [0.5, 0.6) is 0 Å². The summed E-state index contributed by atoms with van der Waals surface area (Å²) in [4.78, 5) is 0. The van der Waals surface area contributed by atoms with Crippen LogP contribution in [0.1, 0.15) is 36.3 Å². The number of nitrogens with two attached hydrogens (primary N) is 1. The summed E-state index contributed by atoms with van der Waals surface area (Å²) in [5.74, 6) is 1.64. The van der Waals surface area contributed by atoms with E-state index in [2.05, 4.69) is 31.2 Å². The van der Waals surface area contributed by atoms with Gasteiger partial charge in [-0.2, -0.15) is 0 Å². The molecule has 0 radical (unpaired) electrons. The molecule has 2 rings (SSSR count). The summed E-state index contributed by atoms with van der Waals surface area (Å²) in [7, 11) is 0. The first-order valence-electron chi connectivity index (χ1n) is 5.58. The minimum absolute atomic E-state index is 0.723. The lowest BCUT2D eigenvalue weighted by molar-refractivity contribution is 0.563. The molecule has 0 amide bonds. The lowest BCUT2D eigenvalue weighted by atomic mass is 9.88. The summed E-state index contributed by atoms with van der Waals surface area (Å²) in [6.45, 7) is 3.02. The third kappa shape index (κ3) is 1.98. The van der Waals surface area contributed by atoms with Crippen LogP contribution < -0.4 is 5.73 Å². The van der Waals surface area contributed by atoms with Crippen molar-refractivity contribution in [1.82, 2.24) is 0 Å². The smallest absolute Gasteiger partial charge is 0.00713 e. The topological polar surface area (TPSA) is 26.0 Å². The second-order valence-corrected chi connectivity index (χ2v) is 4.38. The number of hydrogen-bond donors (Lipinski definition) is 1. The van der Waals surface area contributed by atoms with Crippen molar-refractivity contribution < 1.29 is 0 Å². The summed E-state index contributed by atoms with van der Waals surface area (Å²) in [5, 5.41) is 0. The molecule has 1 aromatic carbocycles. The van der Waals surface area contributed by atoms with Crippen molar-refractivity contribution in [3.05, 3.63) is 35.4 Å². The van der Waals surface area contributed by atoms with Crippen LogP contribution in [-0.2, 0) is 0 Å². The fourth-order valence-corrected chi connectivity index (χ4v) is 2.33. The highest BCUT2D eigenvalue weighted by Crippen LogP contribution is 2.44. The van der Waals surface area contributed by atoms with Crippen LogP contribution in [0.2, 0.25) is 0 Å². The third-order valence-electron chi connectivity index (χ3n) is 3.26. The van der Waals surface area contributed by atoms with Crippen molar-refractivity contribution >= 4 is 0 Å². The van der Waals surface area contributed by atoms with E-state index >= 15 is 0 Å². The lowest BCUT2D eigenvalue weighted by Gasteiger charge is -2.17. The first kappa shape index (κ1) is 9.72. The van der Waals surface area contributed by atoms with E-state index in [9.17, 15) is 0 Å². The molecule has 1 aliphatic carbocycles. The molecule has 14 heavy (non-hydrogen) atoms. The van der Waals surface area contributed by atoms with Gasteiger partial charge in [0.15, 0.2) is 0 Å². The van der Waals surface area contributed by atoms with Crippen LogP contribution in [0.15, 0.2) is 24.3 Å². The second-order valence-electron chi connectivity index (χ2n) is 4.38. The minimum atomic E-state index is 0.723. The van der Waals surface area contributed by atoms with Gasteiger partial charge < -0.3 is 5.73 Å². The Bertz CT molecular complexity index is 302. The highest BCUT2D eigenvalue weighted by Gasteiger charge is 2.32. The molecule has 0 saturated heterocycles. The quantitative estimate of drug-likeness (QED) is 0.774. The number of benzene rings is 1. The monoisotopic (exact) mass is 189 g/mol. The Hall–Kier alpha value is -0.820. The van der Waals surface area contributed by atoms with Gasteiger partial charge in [-0.3, -0.25) is 0 Å². The Morgan fingerprint density at radius 3 is 2.64 bits per heavy atom. The van der Waals surface area contributed by atoms with Gasteiger partial charge in [-0.1, -0.05) is 24.3 Å². The molecule has 0 bridgehead atoms. The zero-order valence-corrected chi connectivity index (χ0v) is 8.87. The molecule has 0 heterocycles. The van der Waals surface area contributed by atoms with E-state index in [0.717, 1.165) is 24.8 Å². The summed E-state index contributed by atoms with van der Waals surface area (Å²) in [6.07, 6.45) is 3.95. The van der Waals surface area contributed by atoms with Crippen LogP contribution in [-0.4, -0.2) is 6.54 Å². The van der Waals surface area contributed by atoms with E-state index in [4.69, 9.17) is 5.73 Å². The van der Waals surface area contributed by atoms with Crippen molar-refractivity contribution in [2.75, 3.05) is 6.54 Å². The molecule has 0 spiro atoms. The van der Waals surface area contributed by atoms with Gasteiger partial charge in [0, 0.05) is 0 Å². The maximum Gasteiger partial charge on any atom is -0.00713 e. The number of rotatable bonds is 4. The van der Waals surface area contributed by atoms with Crippen LogP contribution >= 0.6 is 0 Å². The highest BCUT2D eigenvalue weighted by atomic mass is 14.5. The molecule has 1 aromatic rings. The Morgan fingerprint density at radius 2 is 2.07 bits per heavy atom. The van der Waals surface area contributed by atoms with E-state index in [1.54, 1.807) is 0 Å². The zero-order chi connectivity index (χ0) is 9.97. The zero-order valence-electron chi connectivity index (χ0n) is 8.87. The minimum Gasteiger partial charge on any atom is -0.330 e. The highest BCUT2D eigenvalue weighted by molar-refractivity contribution is 5.30. The van der Waals surface area contributed by atoms with E-state index in [-0.39, 0.29) is 0 Å². The average molecular weight is 189 g/mol. The van der Waals surface area contributed by atoms with Gasteiger partial charge in [-0.25, -0.2) is 0 Å². The first-order valence-corrected chi connectivity index (χ1v) is 5.58. The molecule has 1 unspecified atom stereocenters. The lowest BCUT2D eigenvalue weighted by Crippen LogP contribution is -2.10. The van der Waals surface area contributed by atoms with Crippen LogP contribution in [0, 0.1) is 12.8 Å². The van der Waals surface area contributed by atoms with E-state index in [1.807, 2.05) is 0 Å². The number of hydrogen-bond acceptors (Lipinski definition) is 1. The average Bonchev–Trinajstić information content (AvgIpc) is 2.99. The van der Waals surface area contributed by atoms with Crippen LogP contribution in [0.25, 0.3) is 0 Å². The van der Waals surface area contributed by atoms with Crippen molar-refractivity contribution in [1.29, 1.82) is 0 Å². The maximum absolute atomic E-state index is 5.68. The Balaban J connectivity index is 2.21. The van der Waals surface area contributed by atoms with Gasteiger partial charge in [-0.15, -0.1) is 0 Å². The van der Waals surface area contributed by atoms with Crippen LogP contribution in [0.3, 0.4) is 0 Å². The predicted octanol–water partition coefficient (Wildman–Crippen LogP) is 2.84. The largest absolute Gasteiger partial charge is 0.330 e. The van der Waals surface area contributed by atoms with Gasteiger partial charge in [0.25, 0.3) is 0 Å². The van der Waals surface area contributed by atoms with Gasteiger partial charge in [-0.05, 0) is 55.7 Å². The van der Waals surface area contributed by atoms with Gasteiger partial charge in [0.05, 0.1) is 0 Å². The van der Waals surface area contributed by atoms with Crippen LogP contribution in [0.4, 0.5) is 0 Å². The molecule has 0 aromatic heterocycles. The Morgan fingerprint density at radius 1 is 1.36 bits per heavy atom. The van der Waals surface area contributed by atoms with Gasteiger partial charge in [0.1, 0.15) is 0 Å². The molecule has 1 aliphatic rings. The molecule has 1 heteroatoms. The van der Waals surface area contributed by atoms with Crippen molar-refractivity contribution in [3.63, 3.8) is 0 Å². The van der Waals surface area contributed by atoms with E-state index in [0.29, 0.717) is 0 Å². The summed E-state index contributed by atoms with van der Waals surface area (Å²) >= 11 is 0. The standard InChI is InChI=1S/C13H19N/c1-10-4-2-3-5-12(10)13(8-9-14)11-6-7-11/h2-5,11,13H,6-9,14H2,1H3. The molecule has 76 valence electrons. The normalized spacial score (nSPS) is 18.1. The summed E-state index contributed by atoms with van der Waals surface area (Å²) in [5.41, 5.74) is 8.64. The fraction of sp³-hybridized carbons (Fsp3) is 0.538. The fourth-order valence-electron chi connectivity index (χ4n) is 2.33. The molecule has 1 atom stereocenters. The third-order valence-corrected chi connectivity index (χ3v) is 3.26. The Labute approximate surface area is 86.3 Å². The van der Waals surface area contributed by atoms with Crippen molar-refractivity contribution in [2.24, 2.45) is 11.7 Å². The van der Waals surface area contributed by atoms with Crippen molar-refractivity contribution in [2.45, 2.75) is 32.1 Å². The van der Waals surface area contributed by atoms with Gasteiger partial charge in [0.2, 0.25) is 0 Å². The SMILES string of the molecule is Cc1ccccc1C(CCN)C1CC1. The molecular weight excluding hydrogens is 170 g/mol. The van der Waals surface area contributed by atoms with Gasteiger partial charge >= 0.3 is 0 Å². The summed E-state index contributed by atoms with van der Waals surface area (Å²) in [6, 6.07) is 8.74. The molecular formula is C13H19N. The predicted molar refractivity (Wildman–Crippen MR) is 60.3 cm³/mol. The maximum atomic E-state index is 5.68. The van der Waals surface area contributed by atoms with E-state index < -0.39 is 0 Å². The molecule has 1 saturated carbocycles. The van der Waals surface area contributed by atoms with E-state index in [1.165, 1.54) is 24.0 Å².